The number of carbonyl (C=O) groups is 2. The van der Waals surface area contributed by atoms with Gasteiger partial charge in [0.25, 0.3) is 0 Å². The Balaban J connectivity index is 1.72. The van der Waals surface area contributed by atoms with Crippen LogP contribution < -0.4 is 10.2 Å². The van der Waals surface area contributed by atoms with E-state index in [1.54, 1.807) is 45.9 Å². The molecule has 45 heavy (non-hydrogen) atoms. The van der Waals surface area contributed by atoms with Gasteiger partial charge >= 0.3 is 18.4 Å². The molecule has 0 unspecified atom stereocenters. The first-order chi connectivity index (χ1) is 21.1. The number of alkyl carbamates (subject to hydrolysis) is 1. The Kier molecular flexibility index (Phi) is 9.98. The highest BCUT2D eigenvalue weighted by molar-refractivity contribution is 7.19. The van der Waals surface area contributed by atoms with E-state index < -0.39 is 47.4 Å². The lowest BCUT2D eigenvalue weighted by atomic mass is 9.92. The number of hydrogen-bond donors (Lipinski definition) is 2. The van der Waals surface area contributed by atoms with Crippen molar-refractivity contribution >= 4 is 39.4 Å². The molecule has 0 bridgehead atoms. The Morgan fingerprint density at radius 1 is 1.07 bits per heavy atom. The number of pyridine rings is 1. The summed E-state index contributed by atoms with van der Waals surface area (Å²) in [4.78, 5) is 35.2. The molecule has 2 heterocycles. The zero-order valence-electron chi connectivity index (χ0n) is 25.1. The number of carboxylic acid groups (broad SMARTS) is 1. The third-order valence-electron chi connectivity index (χ3n) is 6.83. The maximum atomic E-state index is 13.8. The first kappa shape index (κ1) is 33.6. The van der Waals surface area contributed by atoms with Crippen molar-refractivity contribution in [3.8, 4) is 10.4 Å². The van der Waals surface area contributed by atoms with Crippen molar-refractivity contribution in [3.63, 3.8) is 0 Å². The molecule has 0 radical (unpaired) electrons. The van der Waals surface area contributed by atoms with Gasteiger partial charge in [-0.05, 0) is 55.5 Å². The zero-order valence-corrected chi connectivity index (χ0v) is 25.9. The van der Waals surface area contributed by atoms with Crippen molar-refractivity contribution in [3.05, 3.63) is 77.5 Å². The quantitative estimate of drug-likeness (QED) is 0.140. The van der Waals surface area contributed by atoms with Crippen LogP contribution in [0.15, 0.2) is 54.7 Å². The van der Waals surface area contributed by atoms with Gasteiger partial charge in [0.15, 0.2) is 5.13 Å². The number of fused-ring (bicyclic) bond motifs is 1. The van der Waals surface area contributed by atoms with Crippen LogP contribution in [0, 0.1) is 5.95 Å². The minimum absolute atomic E-state index is 0.0452. The van der Waals surface area contributed by atoms with Gasteiger partial charge in [-0.1, -0.05) is 42.5 Å². The van der Waals surface area contributed by atoms with E-state index in [0.717, 1.165) is 28.4 Å². The predicted octanol–water partition coefficient (Wildman–Crippen LogP) is 7.84. The van der Waals surface area contributed by atoms with E-state index >= 15 is 0 Å². The van der Waals surface area contributed by atoms with Gasteiger partial charge in [-0.25, -0.2) is 19.6 Å². The number of nitrogens with one attached hydrogen (secondary N) is 1. The summed E-state index contributed by atoms with van der Waals surface area (Å²) in [6.45, 7) is 6.38. The van der Waals surface area contributed by atoms with Gasteiger partial charge < -0.3 is 19.9 Å². The Morgan fingerprint density at radius 2 is 1.76 bits per heavy atom. The van der Waals surface area contributed by atoms with Crippen LogP contribution in [0.2, 0.25) is 0 Å². The largest absolute Gasteiger partial charge is 0.465 e. The van der Waals surface area contributed by atoms with Crippen molar-refractivity contribution in [1.82, 2.24) is 15.3 Å². The highest BCUT2D eigenvalue weighted by Gasteiger charge is 2.33. The molecule has 0 saturated carbocycles. The fourth-order valence-corrected chi connectivity index (χ4v) is 5.67. The average Bonchev–Trinajstić information content (AvgIpc) is 3.36. The summed E-state index contributed by atoms with van der Waals surface area (Å²) in [5, 5.41) is 14.3. The first-order valence-corrected chi connectivity index (χ1v) is 14.6. The first-order valence-electron chi connectivity index (χ1n) is 13.8. The summed E-state index contributed by atoms with van der Waals surface area (Å²) < 4.78 is 64.1. The number of benzene rings is 2. The fraction of sp³-hybridized carbons (Fsp3) is 0.355. The fourth-order valence-electron chi connectivity index (χ4n) is 4.60. The van der Waals surface area contributed by atoms with Crippen LogP contribution >= 0.6 is 11.3 Å². The molecule has 2 aromatic heterocycles. The number of amides is 2. The molecular weight excluding hydrogens is 616 g/mol. The van der Waals surface area contributed by atoms with Gasteiger partial charge in [0.2, 0.25) is 5.95 Å². The van der Waals surface area contributed by atoms with Crippen LogP contribution in [0.5, 0.6) is 0 Å². The van der Waals surface area contributed by atoms with Crippen LogP contribution in [0.3, 0.4) is 0 Å². The van der Waals surface area contributed by atoms with Gasteiger partial charge in [-0.2, -0.15) is 17.6 Å². The number of aromatic nitrogens is 2. The van der Waals surface area contributed by atoms with Crippen molar-refractivity contribution in [2.24, 2.45) is 0 Å². The summed E-state index contributed by atoms with van der Waals surface area (Å²) in [5.41, 5.74) is -0.180. The topological polar surface area (TPSA) is 114 Å². The molecule has 240 valence electrons. The van der Waals surface area contributed by atoms with E-state index in [4.69, 9.17) is 9.47 Å². The SMILES string of the molecule is COCc1nc(N(C[C@H](NC(=O)OC(C)(C)C)[C@@H](C)c2ccc(C(F)(F)F)cc2)C(=O)O)sc1-c1ccc2cnc(F)cc2c1. The molecule has 2 amide bonds. The lowest BCUT2D eigenvalue weighted by Gasteiger charge is -2.30. The summed E-state index contributed by atoms with van der Waals surface area (Å²) in [7, 11) is 1.46. The second-order valence-corrected chi connectivity index (χ2v) is 12.3. The summed E-state index contributed by atoms with van der Waals surface area (Å²) in [5.74, 6) is -1.30. The van der Waals surface area contributed by atoms with Crippen molar-refractivity contribution < 1.29 is 41.7 Å². The molecule has 2 aromatic carbocycles. The minimum Gasteiger partial charge on any atom is -0.465 e. The normalized spacial score (nSPS) is 13.4. The maximum absolute atomic E-state index is 13.8. The van der Waals surface area contributed by atoms with Gasteiger partial charge in [0, 0.05) is 30.7 Å². The molecule has 0 aliphatic rings. The van der Waals surface area contributed by atoms with Gasteiger partial charge in [0.1, 0.15) is 5.60 Å². The molecule has 2 atom stereocenters. The lowest BCUT2D eigenvalue weighted by molar-refractivity contribution is -0.137. The van der Waals surface area contributed by atoms with E-state index in [2.05, 4.69) is 15.3 Å². The molecule has 2 N–H and O–H groups in total. The number of methoxy groups -OCH3 is 1. The predicted molar refractivity (Wildman–Crippen MR) is 162 cm³/mol. The average molecular weight is 649 g/mol. The van der Waals surface area contributed by atoms with Crippen molar-refractivity contribution in [2.45, 2.75) is 58.0 Å². The Hall–Kier alpha value is -4.30. The lowest BCUT2D eigenvalue weighted by Crippen LogP contribution is -2.49. The van der Waals surface area contributed by atoms with Crippen LogP contribution in [0.25, 0.3) is 21.2 Å². The summed E-state index contributed by atoms with van der Waals surface area (Å²) in [6, 6.07) is 10.1. The number of nitrogens with zero attached hydrogens (tertiary/aromatic N) is 3. The second-order valence-electron chi connectivity index (χ2n) is 11.3. The highest BCUT2D eigenvalue weighted by atomic mass is 32.1. The van der Waals surface area contributed by atoms with Crippen molar-refractivity contribution in [2.75, 3.05) is 18.6 Å². The number of thiazole rings is 1. The van der Waals surface area contributed by atoms with Gasteiger partial charge in [-0.15, -0.1) is 0 Å². The second kappa shape index (κ2) is 13.4. The van der Waals surface area contributed by atoms with Crippen molar-refractivity contribution in [1.29, 1.82) is 0 Å². The number of alkyl halides is 3. The molecular formula is C31H32F4N4O5S. The van der Waals surface area contributed by atoms with E-state index in [9.17, 15) is 32.3 Å². The number of carbonyl (C=O) groups excluding carboxylic acids is 1. The Labute approximate surface area is 260 Å². The van der Waals surface area contributed by atoms with Crippen LogP contribution in [-0.2, 0) is 22.3 Å². The highest BCUT2D eigenvalue weighted by Crippen LogP contribution is 2.38. The van der Waals surface area contributed by atoms with Crippen LogP contribution in [0.1, 0.15) is 50.4 Å². The van der Waals surface area contributed by atoms with E-state index in [0.29, 0.717) is 32.5 Å². The van der Waals surface area contributed by atoms with E-state index in [1.807, 2.05) is 0 Å². The number of anilines is 1. The minimum atomic E-state index is -4.53. The molecule has 4 rings (SSSR count). The van der Waals surface area contributed by atoms with Gasteiger partial charge in [0.05, 0.1) is 35.3 Å². The standard InChI is InChI=1S/C31H32F4N4O5S/c1-17(18-8-10-22(11-9-18)31(33,34)35)23(38-28(40)44-30(2,3)4)15-39(29(41)42)27-37-24(16-43-5)26(45-27)19-6-7-20-14-36-25(32)13-21(20)12-19/h6-14,17,23H,15-16H2,1-5H3,(H,38,40)(H,41,42)/t17-,23-/m0/s1. The number of hydrogen-bond acceptors (Lipinski definition) is 7. The molecule has 0 spiro atoms. The third-order valence-corrected chi connectivity index (χ3v) is 8.00. The molecule has 0 aliphatic carbocycles. The molecule has 0 fully saturated rings. The Morgan fingerprint density at radius 3 is 2.36 bits per heavy atom. The Bertz CT molecular complexity index is 1670. The summed E-state index contributed by atoms with van der Waals surface area (Å²) >= 11 is 1.06. The molecule has 0 saturated heterocycles. The third kappa shape index (κ3) is 8.45. The van der Waals surface area contributed by atoms with Crippen LogP contribution in [0.4, 0.5) is 32.3 Å². The number of ether oxygens (including phenoxy) is 2. The number of rotatable bonds is 9. The molecule has 14 heteroatoms. The van der Waals surface area contributed by atoms with Gasteiger partial charge in [-0.3, -0.25) is 4.90 Å². The van der Waals surface area contributed by atoms with Crippen LogP contribution in [-0.4, -0.2) is 52.6 Å². The summed E-state index contributed by atoms with van der Waals surface area (Å²) in [6.07, 6.45) is -5.32. The van der Waals surface area contributed by atoms with E-state index in [1.165, 1.54) is 31.5 Å². The number of halogens is 4. The molecule has 4 aromatic rings. The molecule has 0 aliphatic heterocycles. The molecule has 9 nitrogen and oxygen atoms in total. The monoisotopic (exact) mass is 648 g/mol. The zero-order chi connectivity index (χ0) is 33.1. The maximum Gasteiger partial charge on any atom is 0.416 e. The van der Waals surface area contributed by atoms with E-state index in [-0.39, 0.29) is 18.3 Å². The smallest absolute Gasteiger partial charge is 0.416 e.